The zero-order valence-electron chi connectivity index (χ0n) is 21.2. The molecule has 4 aromatic rings. The van der Waals surface area contributed by atoms with Gasteiger partial charge in [0.15, 0.2) is 5.76 Å². The van der Waals surface area contributed by atoms with Gasteiger partial charge in [0.05, 0.1) is 24.1 Å². The Balaban J connectivity index is 1.92. The number of hydrogen-bond acceptors (Lipinski definition) is 4. The van der Waals surface area contributed by atoms with Crippen LogP contribution in [0, 0.1) is 23.0 Å². The molecular weight excluding hydrogens is 535 g/mol. The Labute approximate surface area is 225 Å². The number of thioether (sulfide) groups is 1. The van der Waals surface area contributed by atoms with Crippen LogP contribution in [0.1, 0.15) is 48.9 Å². The fourth-order valence-electron chi connectivity index (χ4n) is 4.15. The fraction of sp³-hybridized carbons (Fsp3) is 0.241. The van der Waals surface area contributed by atoms with Crippen molar-refractivity contribution in [2.45, 2.75) is 44.3 Å². The second kappa shape index (κ2) is 11.1. The summed E-state index contributed by atoms with van der Waals surface area (Å²) in [6.07, 6.45) is -3.64. The Hall–Kier alpha value is -3.84. The number of rotatable bonds is 7. The molecule has 2 aromatic carbocycles. The Morgan fingerprint density at radius 3 is 2.41 bits per heavy atom. The number of aromatic nitrogens is 1. The van der Waals surface area contributed by atoms with E-state index in [1.165, 1.54) is 18.4 Å². The zero-order chi connectivity index (χ0) is 28.5. The van der Waals surface area contributed by atoms with E-state index in [0.717, 1.165) is 38.5 Å². The number of benzene rings is 2. The number of alkyl halides is 3. The van der Waals surface area contributed by atoms with Crippen molar-refractivity contribution in [1.82, 2.24) is 4.57 Å². The van der Waals surface area contributed by atoms with Crippen LogP contribution >= 0.6 is 11.8 Å². The molecule has 2 aromatic heterocycles. The van der Waals surface area contributed by atoms with E-state index in [1.807, 2.05) is 32.9 Å². The average molecular weight is 559 g/mol. The molecule has 0 bridgehead atoms. The summed E-state index contributed by atoms with van der Waals surface area (Å²) in [5, 5.41) is 9.39. The van der Waals surface area contributed by atoms with Crippen LogP contribution in [0.3, 0.4) is 0 Å². The summed E-state index contributed by atoms with van der Waals surface area (Å²) in [7, 11) is 0. The third-order valence-corrected chi connectivity index (χ3v) is 7.01. The summed E-state index contributed by atoms with van der Waals surface area (Å²) < 4.78 is 75.9. The maximum Gasteiger partial charge on any atom is 0.417 e. The summed E-state index contributed by atoms with van der Waals surface area (Å²) in [4.78, 5) is 14.2. The van der Waals surface area contributed by atoms with Gasteiger partial charge in [0.1, 0.15) is 23.3 Å². The summed E-state index contributed by atoms with van der Waals surface area (Å²) in [6, 6.07) is 12.1. The molecule has 0 aliphatic rings. The average Bonchev–Trinajstić information content (AvgIpc) is 3.36. The lowest BCUT2D eigenvalue weighted by atomic mass is 9.98. The molecule has 0 saturated heterocycles. The van der Waals surface area contributed by atoms with Crippen molar-refractivity contribution in [3.05, 3.63) is 99.0 Å². The van der Waals surface area contributed by atoms with Crippen molar-refractivity contribution in [3.63, 3.8) is 0 Å². The molecule has 202 valence electrons. The molecule has 0 radical (unpaired) electrons. The maximum absolute atomic E-state index is 14.5. The fourth-order valence-corrected chi connectivity index (χ4v) is 4.92. The van der Waals surface area contributed by atoms with Crippen LogP contribution in [-0.4, -0.2) is 10.3 Å². The van der Waals surface area contributed by atoms with Crippen LogP contribution in [0.15, 0.2) is 68.9 Å². The van der Waals surface area contributed by atoms with E-state index in [2.05, 4.69) is 6.07 Å². The standard InChI is InChI=1S/C29H23F5N2O2S/c1-4-39-22-8-18(16(2)3)7-19(9-22)20-10-27(38-15-20)26-12-24(29(32,33)34)23(13-35)28(37)36(26)14-17-5-6-21(30)11-25(17)31/h5-12,15-16H,4,14H2,1-3H3. The molecule has 4 rings (SSSR count). The largest absolute Gasteiger partial charge is 0.462 e. The van der Waals surface area contributed by atoms with Gasteiger partial charge in [-0.05, 0) is 53.1 Å². The van der Waals surface area contributed by atoms with Gasteiger partial charge >= 0.3 is 6.18 Å². The van der Waals surface area contributed by atoms with Gasteiger partial charge in [0.2, 0.25) is 0 Å². The highest BCUT2D eigenvalue weighted by Gasteiger charge is 2.37. The van der Waals surface area contributed by atoms with Crippen molar-refractivity contribution in [3.8, 4) is 28.7 Å². The van der Waals surface area contributed by atoms with Crippen LogP contribution in [0.4, 0.5) is 22.0 Å². The quantitative estimate of drug-likeness (QED) is 0.169. The highest BCUT2D eigenvalue weighted by molar-refractivity contribution is 7.99. The van der Waals surface area contributed by atoms with E-state index in [1.54, 1.807) is 11.8 Å². The molecule has 0 aliphatic heterocycles. The van der Waals surface area contributed by atoms with Crippen molar-refractivity contribution < 1.29 is 26.4 Å². The maximum atomic E-state index is 14.5. The molecule has 0 fully saturated rings. The molecule has 0 atom stereocenters. The lowest BCUT2D eigenvalue weighted by Gasteiger charge is -2.16. The van der Waals surface area contributed by atoms with Gasteiger partial charge in [-0.3, -0.25) is 9.36 Å². The molecule has 0 N–H and O–H groups in total. The van der Waals surface area contributed by atoms with Crippen molar-refractivity contribution >= 4 is 11.8 Å². The van der Waals surface area contributed by atoms with Crippen molar-refractivity contribution in [1.29, 1.82) is 5.26 Å². The Bertz CT molecular complexity index is 1630. The van der Waals surface area contributed by atoms with Crippen LogP contribution in [0.2, 0.25) is 0 Å². The third-order valence-electron chi connectivity index (χ3n) is 6.15. The number of halogens is 5. The second-order valence-corrected chi connectivity index (χ2v) is 10.5. The van der Waals surface area contributed by atoms with Crippen LogP contribution in [0.25, 0.3) is 22.6 Å². The third kappa shape index (κ3) is 5.93. The topological polar surface area (TPSA) is 58.9 Å². The molecule has 0 spiro atoms. The molecule has 0 unspecified atom stereocenters. The highest BCUT2D eigenvalue weighted by Crippen LogP contribution is 2.37. The minimum absolute atomic E-state index is 0.0840. The zero-order valence-corrected chi connectivity index (χ0v) is 22.0. The number of pyridine rings is 1. The number of nitriles is 1. The van der Waals surface area contributed by atoms with E-state index >= 15 is 0 Å². The lowest BCUT2D eigenvalue weighted by molar-refractivity contribution is -0.137. The Kier molecular flexibility index (Phi) is 8.02. The van der Waals surface area contributed by atoms with Crippen molar-refractivity contribution in [2.75, 3.05) is 5.75 Å². The Morgan fingerprint density at radius 2 is 1.79 bits per heavy atom. The predicted octanol–water partition coefficient (Wildman–Crippen LogP) is 8.23. The van der Waals surface area contributed by atoms with E-state index in [0.29, 0.717) is 17.7 Å². The van der Waals surface area contributed by atoms with E-state index < -0.39 is 41.0 Å². The molecule has 0 amide bonds. The monoisotopic (exact) mass is 558 g/mol. The summed E-state index contributed by atoms with van der Waals surface area (Å²) in [5.74, 6) is -0.864. The number of hydrogen-bond donors (Lipinski definition) is 0. The highest BCUT2D eigenvalue weighted by atomic mass is 32.2. The van der Waals surface area contributed by atoms with Gasteiger partial charge in [-0.15, -0.1) is 11.8 Å². The molecule has 2 heterocycles. The smallest absolute Gasteiger partial charge is 0.417 e. The SMILES string of the molecule is CCSc1cc(-c2coc(-c3cc(C(F)(F)F)c(C#N)c(=O)n3Cc3ccc(F)cc3F)c2)cc(C(C)C)c1. The minimum Gasteiger partial charge on any atom is -0.462 e. The number of furan rings is 1. The lowest BCUT2D eigenvalue weighted by Crippen LogP contribution is -2.29. The normalized spacial score (nSPS) is 11.7. The first kappa shape index (κ1) is 28.2. The predicted molar refractivity (Wildman–Crippen MR) is 140 cm³/mol. The van der Waals surface area contributed by atoms with Crippen LogP contribution in [0.5, 0.6) is 0 Å². The minimum atomic E-state index is -5.01. The van der Waals surface area contributed by atoms with Crippen molar-refractivity contribution in [2.24, 2.45) is 0 Å². The number of nitrogens with zero attached hydrogens (tertiary/aromatic N) is 2. The van der Waals surface area contributed by atoms with Gasteiger partial charge in [0.25, 0.3) is 5.56 Å². The molecule has 39 heavy (non-hydrogen) atoms. The molecule has 4 nitrogen and oxygen atoms in total. The Morgan fingerprint density at radius 1 is 1.05 bits per heavy atom. The molecule has 10 heteroatoms. The van der Waals surface area contributed by atoms with Crippen LogP contribution < -0.4 is 5.56 Å². The van der Waals surface area contributed by atoms with E-state index in [-0.39, 0.29) is 22.9 Å². The molecule has 0 saturated carbocycles. The summed E-state index contributed by atoms with van der Waals surface area (Å²) >= 11 is 1.64. The van der Waals surface area contributed by atoms with Gasteiger partial charge in [-0.2, -0.15) is 18.4 Å². The van der Waals surface area contributed by atoms with E-state index in [4.69, 9.17) is 4.42 Å². The molecular formula is C29H23F5N2O2S. The van der Waals surface area contributed by atoms with Gasteiger partial charge in [-0.1, -0.05) is 32.9 Å². The molecule has 0 aliphatic carbocycles. The van der Waals surface area contributed by atoms with Crippen LogP contribution in [-0.2, 0) is 12.7 Å². The summed E-state index contributed by atoms with van der Waals surface area (Å²) in [6.45, 7) is 5.56. The first-order valence-corrected chi connectivity index (χ1v) is 13.0. The van der Waals surface area contributed by atoms with Gasteiger partial charge in [0, 0.05) is 22.1 Å². The summed E-state index contributed by atoms with van der Waals surface area (Å²) in [5.41, 5.74) is -1.88. The second-order valence-electron chi connectivity index (χ2n) is 9.13. The van der Waals surface area contributed by atoms with Gasteiger partial charge in [-0.25, -0.2) is 8.78 Å². The first-order chi connectivity index (χ1) is 18.4. The first-order valence-electron chi connectivity index (χ1n) is 12.0. The van der Waals surface area contributed by atoms with E-state index in [9.17, 15) is 32.0 Å². The van der Waals surface area contributed by atoms with Gasteiger partial charge < -0.3 is 4.42 Å².